The van der Waals surface area contributed by atoms with Crippen LogP contribution in [0.5, 0.6) is 5.75 Å². The highest BCUT2D eigenvalue weighted by atomic mass is 35.5. The molecule has 1 aromatic heterocycles. The predicted octanol–water partition coefficient (Wildman–Crippen LogP) is 4.59. The molecule has 2 rings (SSSR count). The van der Waals surface area contributed by atoms with Crippen LogP contribution >= 0.6 is 22.9 Å². The van der Waals surface area contributed by atoms with Crippen molar-refractivity contribution in [1.29, 1.82) is 5.26 Å². The molecular formula is C17H17ClN2O2S. The van der Waals surface area contributed by atoms with Gasteiger partial charge in [-0.05, 0) is 40.6 Å². The molecule has 0 saturated carbocycles. The van der Waals surface area contributed by atoms with Crippen molar-refractivity contribution in [2.75, 3.05) is 11.9 Å². The summed E-state index contributed by atoms with van der Waals surface area (Å²) >= 11 is 7.14. The van der Waals surface area contributed by atoms with E-state index in [1.165, 1.54) is 11.3 Å². The predicted molar refractivity (Wildman–Crippen MR) is 93.3 cm³/mol. The number of nitrogens with one attached hydrogen (secondary N) is 1. The number of thiophene rings is 1. The molecule has 0 spiro atoms. The van der Waals surface area contributed by atoms with Crippen LogP contribution in [0.3, 0.4) is 0 Å². The maximum atomic E-state index is 12.0. The molecular weight excluding hydrogens is 332 g/mol. The van der Waals surface area contributed by atoms with Crippen LogP contribution in [0, 0.1) is 11.3 Å². The van der Waals surface area contributed by atoms with Gasteiger partial charge in [-0.25, -0.2) is 0 Å². The Labute approximate surface area is 144 Å². The highest BCUT2D eigenvalue weighted by molar-refractivity contribution is 7.14. The fourth-order valence-electron chi connectivity index (χ4n) is 1.96. The molecule has 0 aliphatic heterocycles. The SMILES string of the molecule is CC(C)(C)c1csc(NC(=O)COc2ccc(Cl)cc2)c1C#N. The zero-order valence-electron chi connectivity index (χ0n) is 13.1. The molecule has 120 valence electrons. The average molecular weight is 349 g/mol. The Morgan fingerprint density at radius 2 is 2.00 bits per heavy atom. The molecule has 1 amide bonds. The fourth-order valence-corrected chi connectivity index (χ4v) is 3.23. The van der Waals surface area contributed by atoms with Crippen molar-refractivity contribution in [1.82, 2.24) is 0 Å². The lowest BCUT2D eigenvalue weighted by atomic mass is 9.86. The van der Waals surface area contributed by atoms with Crippen molar-refractivity contribution in [3.63, 3.8) is 0 Å². The Balaban J connectivity index is 2.02. The summed E-state index contributed by atoms with van der Waals surface area (Å²) in [6.45, 7) is 5.97. The minimum absolute atomic E-state index is 0.130. The van der Waals surface area contributed by atoms with Crippen molar-refractivity contribution in [3.05, 3.63) is 45.8 Å². The molecule has 0 fully saturated rings. The first kappa shape index (κ1) is 17.3. The van der Waals surface area contributed by atoms with Gasteiger partial charge in [-0.2, -0.15) is 5.26 Å². The Bertz CT molecular complexity index is 739. The van der Waals surface area contributed by atoms with E-state index in [2.05, 4.69) is 11.4 Å². The summed E-state index contributed by atoms with van der Waals surface area (Å²) < 4.78 is 5.39. The number of amides is 1. The van der Waals surface area contributed by atoms with Crippen LogP contribution in [0.1, 0.15) is 31.9 Å². The molecule has 0 radical (unpaired) electrons. The first-order valence-corrected chi connectivity index (χ1v) is 8.27. The molecule has 6 heteroatoms. The third-order valence-electron chi connectivity index (χ3n) is 3.15. The van der Waals surface area contributed by atoms with Gasteiger partial charge in [0.15, 0.2) is 6.61 Å². The molecule has 1 aromatic carbocycles. The fraction of sp³-hybridized carbons (Fsp3) is 0.294. The minimum Gasteiger partial charge on any atom is -0.484 e. The number of ether oxygens (including phenoxy) is 1. The lowest BCUT2D eigenvalue weighted by molar-refractivity contribution is -0.118. The Kier molecular flexibility index (Phi) is 5.30. The van der Waals surface area contributed by atoms with E-state index in [1.807, 2.05) is 26.2 Å². The van der Waals surface area contributed by atoms with Crippen LogP contribution in [-0.2, 0) is 10.2 Å². The number of nitrogens with zero attached hydrogens (tertiary/aromatic N) is 1. The summed E-state index contributed by atoms with van der Waals surface area (Å²) in [5.41, 5.74) is 1.30. The van der Waals surface area contributed by atoms with E-state index < -0.39 is 0 Å². The second kappa shape index (κ2) is 7.03. The molecule has 2 aromatic rings. The zero-order valence-corrected chi connectivity index (χ0v) is 14.7. The van der Waals surface area contributed by atoms with Gasteiger partial charge in [0.1, 0.15) is 16.8 Å². The second-order valence-corrected chi connectivity index (χ2v) is 7.32. The first-order chi connectivity index (χ1) is 10.8. The minimum atomic E-state index is -0.307. The Morgan fingerprint density at radius 3 is 2.57 bits per heavy atom. The third-order valence-corrected chi connectivity index (χ3v) is 4.29. The summed E-state index contributed by atoms with van der Waals surface area (Å²) in [7, 11) is 0. The molecule has 0 saturated heterocycles. The van der Waals surface area contributed by atoms with Gasteiger partial charge >= 0.3 is 0 Å². The van der Waals surface area contributed by atoms with Gasteiger partial charge in [0.25, 0.3) is 5.91 Å². The molecule has 0 bridgehead atoms. The van der Waals surface area contributed by atoms with E-state index >= 15 is 0 Å². The molecule has 23 heavy (non-hydrogen) atoms. The van der Waals surface area contributed by atoms with Gasteiger partial charge in [-0.3, -0.25) is 4.79 Å². The smallest absolute Gasteiger partial charge is 0.262 e. The topological polar surface area (TPSA) is 62.1 Å². The Morgan fingerprint density at radius 1 is 1.35 bits per heavy atom. The lowest BCUT2D eigenvalue weighted by Gasteiger charge is -2.17. The van der Waals surface area contributed by atoms with Crippen LogP contribution in [0.4, 0.5) is 5.00 Å². The van der Waals surface area contributed by atoms with E-state index in [9.17, 15) is 10.1 Å². The van der Waals surface area contributed by atoms with Gasteiger partial charge < -0.3 is 10.1 Å². The van der Waals surface area contributed by atoms with Crippen LogP contribution < -0.4 is 10.1 Å². The lowest BCUT2D eigenvalue weighted by Crippen LogP contribution is -2.20. The number of carbonyl (C=O) groups is 1. The second-order valence-electron chi connectivity index (χ2n) is 6.01. The maximum Gasteiger partial charge on any atom is 0.262 e. The van der Waals surface area contributed by atoms with Crippen molar-refractivity contribution in [3.8, 4) is 11.8 Å². The first-order valence-electron chi connectivity index (χ1n) is 7.01. The number of hydrogen-bond acceptors (Lipinski definition) is 4. The third kappa shape index (κ3) is 4.47. The van der Waals surface area contributed by atoms with Gasteiger partial charge in [0, 0.05) is 5.02 Å². The number of carbonyl (C=O) groups excluding carboxylic acids is 1. The number of hydrogen-bond donors (Lipinski definition) is 1. The molecule has 0 unspecified atom stereocenters. The van der Waals surface area contributed by atoms with Crippen molar-refractivity contribution < 1.29 is 9.53 Å². The van der Waals surface area contributed by atoms with Crippen LogP contribution in [0.15, 0.2) is 29.6 Å². The maximum absolute atomic E-state index is 12.0. The van der Waals surface area contributed by atoms with Crippen molar-refractivity contribution >= 4 is 33.8 Å². The number of nitriles is 1. The average Bonchev–Trinajstić information content (AvgIpc) is 2.89. The van der Waals surface area contributed by atoms with Crippen LogP contribution in [-0.4, -0.2) is 12.5 Å². The van der Waals surface area contributed by atoms with Gasteiger partial charge in [0.2, 0.25) is 0 Å². The van der Waals surface area contributed by atoms with Crippen LogP contribution in [0.2, 0.25) is 5.02 Å². The molecule has 1 heterocycles. The van der Waals surface area contributed by atoms with E-state index in [4.69, 9.17) is 16.3 Å². The van der Waals surface area contributed by atoms with Gasteiger partial charge in [-0.15, -0.1) is 11.3 Å². The van der Waals surface area contributed by atoms with Crippen LogP contribution in [0.25, 0.3) is 0 Å². The van der Waals surface area contributed by atoms with Gasteiger partial charge in [0.05, 0.1) is 5.56 Å². The van der Waals surface area contributed by atoms with E-state index in [0.29, 0.717) is 21.3 Å². The molecule has 0 aliphatic carbocycles. The number of rotatable bonds is 4. The largest absolute Gasteiger partial charge is 0.484 e. The quantitative estimate of drug-likeness (QED) is 0.879. The zero-order chi connectivity index (χ0) is 17.0. The summed E-state index contributed by atoms with van der Waals surface area (Å²) in [5.74, 6) is 0.255. The molecule has 0 aliphatic rings. The molecule has 0 atom stereocenters. The molecule has 1 N–H and O–H groups in total. The van der Waals surface area contributed by atoms with E-state index in [0.717, 1.165) is 5.56 Å². The van der Waals surface area contributed by atoms with E-state index in [1.54, 1.807) is 24.3 Å². The monoisotopic (exact) mass is 348 g/mol. The van der Waals surface area contributed by atoms with Crippen molar-refractivity contribution in [2.24, 2.45) is 0 Å². The number of benzene rings is 1. The standard InChI is InChI=1S/C17H17ClN2O2S/c1-17(2,3)14-10-23-16(13(14)8-19)20-15(21)9-22-12-6-4-11(18)5-7-12/h4-7,10H,9H2,1-3H3,(H,20,21). The van der Waals surface area contributed by atoms with Gasteiger partial charge in [-0.1, -0.05) is 32.4 Å². The highest BCUT2D eigenvalue weighted by Gasteiger charge is 2.23. The Hall–Kier alpha value is -2.03. The highest BCUT2D eigenvalue weighted by Crippen LogP contribution is 2.35. The summed E-state index contributed by atoms with van der Waals surface area (Å²) in [4.78, 5) is 12.0. The van der Waals surface area contributed by atoms with E-state index in [-0.39, 0.29) is 17.9 Å². The normalized spacial score (nSPS) is 10.9. The molecule has 4 nitrogen and oxygen atoms in total. The number of halogens is 1. The number of anilines is 1. The summed E-state index contributed by atoms with van der Waals surface area (Å²) in [5, 5.41) is 15.2. The van der Waals surface area contributed by atoms with Crippen molar-refractivity contribution in [2.45, 2.75) is 26.2 Å². The summed E-state index contributed by atoms with van der Waals surface area (Å²) in [6.07, 6.45) is 0. The summed E-state index contributed by atoms with van der Waals surface area (Å²) in [6, 6.07) is 8.95.